The summed E-state index contributed by atoms with van der Waals surface area (Å²) in [5.41, 5.74) is 1.00. The zero-order valence-corrected chi connectivity index (χ0v) is 10.5. The van der Waals surface area contributed by atoms with Crippen molar-refractivity contribution in [1.82, 2.24) is 0 Å². The summed E-state index contributed by atoms with van der Waals surface area (Å²) in [6, 6.07) is 7.73. The van der Waals surface area contributed by atoms with E-state index in [1.165, 1.54) is 0 Å². The maximum atomic E-state index is 12.0. The SMILES string of the molecule is COC1(OC)C[C@H]2C(=O)COc3ccccc3[C@@H]21. The summed E-state index contributed by atoms with van der Waals surface area (Å²) in [5.74, 6) is 0.0640. The van der Waals surface area contributed by atoms with E-state index in [1.807, 2.05) is 24.3 Å². The second-order valence-electron chi connectivity index (χ2n) is 4.80. The van der Waals surface area contributed by atoms with Crippen LogP contribution in [0, 0.1) is 5.92 Å². The molecule has 4 heteroatoms. The van der Waals surface area contributed by atoms with Gasteiger partial charge in [-0.2, -0.15) is 0 Å². The van der Waals surface area contributed by atoms with Gasteiger partial charge in [-0.3, -0.25) is 4.79 Å². The van der Waals surface area contributed by atoms with Crippen molar-refractivity contribution >= 4 is 5.78 Å². The first-order chi connectivity index (χ1) is 8.72. The fourth-order valence-corrected chi connectivity index (χ4v) is 3.08. The molecule has 1 heterocycles. The standard InChI is InChI=1S/C14H16O4/c1-16-14(17-2)7-10-11(15)8-18-12-6-4-3-5-9(12)13(10)14/h3-6,10,13H,7-8H2,1-2H3/t10-,13-/m0/s1. The monoisotopic (exact) mass is 248 g/mol. The van der Waals surface area contributed by atoms with Crippen LogP contribution in [0.15, 0.2) is 24.3 Å². The average Bonchev–Trinajstić information content (AvgIpc) is 2.48. The summed E-state index contributed by atoms with van der Waals surface area (Å²) >= 11 is 0. The fourth-order valence-electron chi connectivity index (χ4n) is 3.08. The molecule has 1 saturated carbocycles. The number of fused-ring (bicyclic) bond motifs is 3. The van der Waals surface area contributed by atoms with Crippen molar-refractivity contribution in [2.45, 2.75) is 18.1 Å². The molecule has 1 aliphatic heterocycles. The highest BCUT2D eigenvalue weighted by Gasteiger charge is 2.60. The van der Waals surface area contributed by atoms with E-state index in [2.05, 4.69) is 0 Å². The molecule has 0 radical (unpaired) electrons. The Balaban J connectivity index is 2.08. The molecule has 0 bridgehead atoms. The Morgan fingerprint density at radius 2 is 2.00 bits per heavy atom. The number of carbonyl (C=O) groups excluding carboxylic acids is 1. The number of carbonyl (C=O) groups is 1. The number of methoxy groups -OCH3 is 2. The number of Topliss-reactive ketones (excluding diaryl/α,β-unsaturated/α-hetero) is 1. The second-order valence-corrected chi connectivity index (χ2v) is 4.80. The van der Waals surface area contributed by atoms with Gasteiger partial charge in [0.1, 0.15) is 12.4 Å². The molecule has 3 rings (SSSR count). The van der Waals surface area contributed by atoms with E-state index in [0.29, 0.717) is 6.42 Å². The van der Waals surface area contributed by atoms with Gasteiger partial charge in [0, 0.05) is 32.1 Å². The molecule has 0 saturated heterocycles. The Morgan fingerprint density at radius 3 is 2.72 bits per heavy atom. The number of ether oxygens (including phenoxy) is 3. The van der Waals surface area contributed by atoms with Crippen LogP contribution in [0.3, 0.4) is 0 Å². The zero-order chi connectivity index (χ0) is 12.8. The topological polar surface area (TPSA) is 44.8 Å². The van der Waals surface area contributed by atoms with Gasteiger partial charge < -0.3 is 14.2 Å². The summed E-state index contributed by atoms with van der Waals surface area (Å²) in [4.78, 5) is 12.0. The Kier molecular flexibility index (Phi) is 2.64. The van der Waals surface area contributed by atoms with Crippen LogP contribution in [0.1, 0.15) is 17.9 Å². The van der Waals surface area contributed by atoms with Crippen molar-refractivity contribution in [3.63, 3.8) is 0 Å². The highest BCUT2D eigenvalue weighted by molar-refractivity contribution is 5.86. The molecule has 4 nitrogen and oxygen atoms in total. The number of ketones is 1. The molecule has 1 aromatic rings. The first kappa shape index (κ1) is 11.7. The van der Waals surface area contributed by atoms with E-state index in [9.17, 15) is 4.79 Å². The van der Waals surface area contributed by atoms with Gasteiger partial charge in [0.25, 0.3) is 0 Å². The normalized spacial score (nSPS) is 28.4. The molecule has 1 aliphatic carbocycles. The Hall–Kier alpha value is -1.39. The fraction of sp³-hybridized carbons (Fsp3) is 0.500. The summed E-state index contributed by atoms with van der Waals surface area (Å²) in [5, 5.41) is 0. The summed E-state index contributed by atoms with van der Waals surface area (Å²) < 4.78 is 16.6. The third-order valence-electron chi connectivity index (χ3n) is 4.11. The third-order valence-corrected chi connectivity index (χ3v) is 4.11. The zero-order valence-electron chi connectivity index (χ0n) is 10.5. The van der Waals surface area contributed by atoms with Crippen LogP contribution in [-0.2, 0) is 14.3 Å². The van der Waals surface area contributed by atoms with Crippen molar-refractivity contribution in [3.05, 3.63) is 29.8 Å². The molecule has 0 spiro atoms. The molecule has 0 aromatic heterocycles. The van der Waals surface area contributed by atoms with Gasteiger partial charge in [0.05, 0.1) is 5.92 Å². The quantitative estimate of drug-likeness (QED) is 0.748. The first-order valence-electron chi connectivity index (χ1n) is 6.06. The van der Waals surface area contributed by atoms with Gasteiger partial charge in [0.15, 0.2) is 11.6 Å². The van der Waals surface area contributed by atoms with E-state index < -0.39 is 5.79 Å². The van der Waals surface area contributed by atoms with Gasteiger partial charge in [-0.1, -0.05) is 18.2 Å². The molecule has 1 aromatic carbocycles. The second kappa shape index (κ2) is 4.07. The van der Waals surface area contributed by atoms with Gasteiger partial charge in [0.2, 0.25) is 0 Å². The van der Waals surface area contributed by atoms with Crippen LogP contribution in [0.25, 0.3) is 0 Å². The first-order valence-corrected chi connectivity index (χ1v) is 6.06. The molecule has 96 valence electrons. The lowest BCUT2D eigenvalue weighted by Gasteiger charge is -2.51. The van der Waals surface area contributed by atoms with Crippen molar-refractivity contribution in [2.75, 3.05) is 20.8 Å². The van der Waals surface area contributed by atoms with Gasteiger partial charge >= 0.3 is 0 Å². The number of benzene rings is 1. The highest BCUT2D eigenvalue weighted by Crippen LogP contribution is 2.56. The third kappa shape index (κ3) is 1.42. The highest BCUT2D eigenvalue weighted by atomic mass is 16.7. The van der Waals surface area contributed by atoms with Crippen LogP contribution in [0.2, 0.25) is 0 Å². The summed E-state index contributed by atoms with van der Waals surface area (Å²) in [6.07, 6.45) is 0.598. The molecule has 0 amide bonds. The van der Waals surface area contributed by atoms with E-state index in [1.54, 1.807) is 14.2 Å². The van der Waals surface area contributed by atoms with Gasteiger partial charge in [-0.15, -0.1) is 0 Å². The molecule has 1 fully saturated rings. The maximum Gasteiger partial charge on any atom is 0.175 e. The van der Waals surface area contributed by atoms with Crippen molar-refractivity contribution in [3.8, 4) is 5.75 Å². The van der Waals surface area contributed by atoms with Crippen molar-refractivity contribution in [2.24, 2.45) is 5.92 Å². The van der Waals surface area contributed by atoms with Crippen LogP contribution < -0.4 is 4.74 Å². The van der Waals surface area contributed by atoms with Crippen molar-refractivity contribution in [1.29, 1.82) is 0 Å². The van der Waals surface area contributed by atoms with E-state index in [4.69, 9.17) is 14.2 Å². The largest absolute Gasteiger partial charge is 0.486 e. The minimum atomic E-state index is -0.690. The Labute approximate surface area is 106 Å². The predicted molar refractivity (Wildman–Crippen MR) is 64.5 cm³/mol. The average molecular weight is 248 g/mol. The molecule has 2 atom stereocenters. The minimum Gasteiger partial charge on any atom is -0.486 e. The summed E-state index contributed by atoms with van der Waals surface area (Å²) in [6.45, 7) is 0.141. The van der Waals surface area contributed by atoms with E-state index >= 15 is 0 Å². The number of hydrogen-bond acceptors (Lipinski definition) is 4. The smallest absolute Gasteiger partial charge is 0.175 e. The van der Waals surface area contributed by atoms with E-state index in [-0.39, 0.29) is 24.2 Å². The lowest BCUT2D eigenvalue weighted by molar-refractivity contribution is -0.281. The number of para-hydroxylation sites is 1. The van der Waals surface area contributed by atoms with Crippen molar-refractivity contribution < 1.29 is 19.0 Å². The van der Waals surface area contributed by atoms with Gasteiger partial charge in [-0.25, -0.2) is 0 Å². The molecule has 18 heavy (non-hydrogen) atoms. The molecule has 2 aliphatic rings. The molecule has 0 unspecified atom stereocenters. The Morgan fingerprint density at radius 1 is 1.28 bits per heavy atom. The lowest BCUT2D eigenvalue weighted by Crippen LogP contribution is -2.57. The molecular formula is C14H16O4. The maximum absolute atomic E-state index is 12.0. The van der Waals surface area contributed by atoms with Crippen LogP contribution in [0.5, 0.6) is 5.75 Å². The number of hydrogen-bond donors (Lipinski definition) is 0. The van der Waals surface area contributed by atoms with E-state index in [0.717, 1.165) is 11.3 Å². The lowest BCUT2D eigenvalue weighted by atomic mass is 9.63. The molecular weight excluding hydrogens is 232 g/mol. The minimum absolute atomic E-state index is 0.0615. The van der Waals surface area contributed by atoms with Crippen LogP contribution in [-0.4, -0.2) is 32.4 Å². The molecule has 0 N–H and O–H groups in total. The Bertz CT molecular complexity index is 478. The summed E-state index contributed by atoms with van der Waals surface area (Å²) in [7, 11) is 3.25. The van der Waals surface area contributed by atoms with Gasteiger partial charge in [-0.05, 0) is 6.07 Å². The predicted octanol–water partition coefficient (Wildman–Crippen LogP) is 1.74. The van der Waals surface area contributed by atoms with Crippen LogP contribution in [0.4, 0.5) is 0 Å². The number of rotatable bonds is 2. The van der Waals surface area contributed by atoms with Crippen LogP contribution >= 0.6 is 0 Å².